The molecule has 5 heteroatoms. The fourth-order valence-electron chi connectivity index (χ4n) is 2.73. The Morgan fingerprint density at radius 3 is 2.52 bits per heavy atom. The first-order valence-electron chi connectivity index (χ1n) is 8.47. The van der Waals surface area contributed by atoms with Crippen molar-refractivity contribution in [2.24, 2.45) is 0 Å². The van der Waals surface area contributed by atoms with Crippen LogP contribution in [0, 0.1) is 6.07 Å². The molecule has 27 heavy (non-hydrogen) atoms. The van der Waals surface area contributed by atoms with Crippen LogP contribution in [0.15, 0.2) is 60.7 Å². The van der Waals surface area contributed by atoms with Crippen LogP contribution in [-0.4, -0.2) is 22.0 Å². The van der Waals surface area contributed by atoms with Gasteiger partial charge in [0.1, 0.15) is 5.78 Å². The third-order valence-corrected chi connectivity index (χ3v) is 4.87. The van der Waals surface area contributed by atoms with Crippen molar-refractivity contribution in [3.05, 3.63) is 66.7 Å². The fourth-order valence-corrected chi connectivity index (χ4v) is 3.72. The molecular formula is C22H20IrNO2S-. The number of carbonyl (C=O) groups excluding carboxylic acids is 1. The maximum absolute atomic E-state index is 10.1. The van der Waals surface area contributed by atoms with Gasteiger partial charge in [0, 0.05) is 36.2 Å². The Bertz CT molecular complexity index is 1000. The van der Waals surface area contributed by atoms with Gasteiger partial charge < -0.3 is 5.11 Å². The molecule has 1 aromatic heterocycles. The van der Waals surface area contributed by atoms with Crippen molar-refractivity contribution in [1.29, 1.82) is 0 Å². The van der Waals surface area contributed by atoms with E-state index >= 15 is 0 Å². The van der Waals surface area contributed by atoms with Gasteiger partial charge in [-0.2, -0.15) is 11.3 Å². The number of aliphatic hydroxyl groups is 1. The first kappa shape index (κ1) is 21.4. The molecule has 1 unspecified atom stereocenters. The second-order valence-corrected chi connectivity index (χ2v) is 7.21. The third-order valence-electron chi connectivity index (χ3n) is 3.81. The molecule has 0 aliphatic heterocycles. The maximum Gasteiger partial charge on any atom is 0.132 e. The molecule has 3 aromatic carbocycles. The number of para-hydroxylation sites is 1. The number of hydrogen-bond acceptors (Lipinski definition) is 4. The Hall–Kier alpha value is -1.91. The number of aromatic nitrogens is 1. The summed E-state index contributed by atoms with van der Waals surface area (Å²) in [4.78, 5) is 14.8. The van der Waals surface area contributed by atoms with Crippen LogP contribution in [0.25, 0.3) is 31.6 Å². The first-order valence-corrected chi connectivity index (χ1v) is 9.29. The molecule has 1 N–H and O–H groups in total. The number of hydrogen-bond donors (Lipinski definition) is 1. The van der Waals surface area contributed by atoms with E-state index in [-0.39, 0.29) is 32.3 Å². The van der Waals surface area contributed by atoms with Crippen molar-refractivity contribution in [1.82, 2.24) is 4.98 Å². The number of rotatable bonds is 3. The third kappa shape index (κ3) is 5.53. The Labute approximate surface area is 176 Å². The normalized spacial score (nSPS) is 11.4. The van der Waals surface area contributed by atoms with E-state index in [2.05, 4.69) is 54.6 Å². The van der Waals surface area contributed by atoms with Gasteiger partial charge in [-0.05, 0) is 26.0 Å². The van der Waals surface area contributed by atoms with Crippen LogP contribution in [0.4, 0.5) is 0 Å². The van der Waals surface area contributed by atoms with Gasteiger partial charge in [-0.15, -0.1) is 29.1 Å². The average Bonchev–Trinajstić information content (AvgIpc) is 3.04. The summed E-state index contributed by atoms with van der Waals surface area (Å²) in [6, 6.07) is 24.0. The average molecular weight is 555 g/mol. The topological polar surface area (TPSA) is 50.2 Å². The minimum atomic E-state index is -0.475. The van der Waals surface area contributed by atoms with Crippen molar-refractivity contribution in [2.75, 3.05) is 0 Å². The minimum absolute atomic E-state index is 0. The van der Waals surface area contributed by atoms with E-state index in [1.165, 1.54) is 22.4 Å². The van der Waals surface area contributed by atoms with E-state index in [4.69, 9.17) is 10.1 Å². The van der Waals surface area contributed by atoms with Gasteiger partial charge in [0.2, 0.25) is 0 Å². The molecule has 0 aliphatic carbocycles. The van der Waals surface area contributed by atoms with Crippen molar-refractivity contribution in [2.45, 2.75) is 26.4 Å². The largest absolute Gasteiger partial charge is 0.393 e. The van der Waals surface area contributed by atoms with Gasteiger partial charge in [-0.3, -0.25) is 9.78 Å². The molecule has 0 saturated heterocycles. The molecule has 0 fully saturated rings. The van der Waals surface area contributed by atoms with Crippen molar-refractivity contribution in [3.63, 3.8) is 0 Å². The van der Waals surface area contributed by atoms with E-state index in [1.807, 2.05) is 12.1 Å². The van der Waals surface area contributed by atoms with Crippen LogP contribution in [0.3, 0.4) is 0 Å². The van der Waals surface area contributed by atoms with Crippen molar-refractivity contribution < 1.29 is 30.0 Å². The van der Waals surface area contributed by atoms with E-state index < -0.39 is 6.10 Å². The number of fused-ring (bicyclic) bond motifs is 2. The van der Waals surface area contributed by atoms with Gasteiger partial charge in [0.25, 0.3) is 0 Å². The standard InChI is InChI=1S/C17H10NS.C5H10O2.Ir/c1-2-8-13-12(6-1)7-5-9-14(13)17-18-15-10-3-4-11-16(15)19-17;1-4(6)3-5(2)7;/h1-8,10-11H;4,6H,3H2,1-2H3;/q-1;;. The Kier molecular flexibility index (Phi) is 7.81. The summed E-state index contributed by atoms with van der Waals surface area (Å²) in [6.07, 6.45) is -0.197. The van der Waals surface area contributed by atoms with Crippen LogP contribution < -0.4 is 0 Å². The molecule has 1 radical (unpaired) electrons. The number of carbonyl (C=O) groups is 1. The van der Waals surface area contributed by atoms with Crippen molar-refractivity contribution in [3.8, 4) is 10.6 Å². The van der Waals surface area contributed by atoms with Gasteiger partial charge >= 0.3 is 0 Å². The molecule has 0 saturated carbocycles. The number of thiazole rings is 1. The van der Waals surface area contributed by atoms with Crippen LogP contribution in [0.2, 0.25) is 0 Å². The van der Waals surface area contributed by atoms with Gasteiger partial charge in [-0.1, -0.05) is 41.8 Å². The van der Waals surface area contributed by atoms with Crippen LogP contribution in [0.1, 0.15) is 20.3 Å². The van der Waals surface area contributed by atoms with Crippen LogP contribution >= 0.6 is 11.3 Å². The van der Waals surface area contributed by atoms with Crippen LogP contribution in [0.5, 0.6) is 0 Å². The van der Waals surface area contributed by atoms with Crippen LogP contribution in [-0.2, 0) is 24.9 Å². The molecule has 4 aromatic rings. The maximum atomic E-state index is 10.1. The van der Waals surface area contributed by atoms with Gasteiger partial charge in [0.05, 0.1) is 11.6 Å². The zero-order valence-electron chi connectivity index (χ0n) is 15.1. The molecule has 1 atom stereocenters. The Balaban J connectivity index is 0.000000285. The summed E-state index contributed by atoms with van der Waals surface area (Å²) < 4.78 is 1.22. The fraction of sp³-hybridized carbons (Fsp3) is 0.182. The van der Waals surface area contributed by atoms with E-state index in [9.17, 15) is 4.79 Å². The summed E-state index contributed by atoms with van der Waals surface area (Å²) in [5, 5.41) is 12.0. The number of Topliss-reactive ketones (excluding diaryl/α,β-unsaturated/α-hetero) is 1. The van der Waals surface area contributed by atoms with E-state index in [0.717, 1.165) is 16.1 Å². The molecule has 0 aliphatic rings. The second-order valence-electron chi connectivity index (χ2n) is 6.18. The summed E-state index contributed by atoms with van der Waals surface area (Å²) >= 11 is 1.72. The molecule has 3 nitrogen and oxygen atoms in total. The SMILES string of the molecule is CC(=O)CC(C)O.[Ir].[c-]1ccc2ccccc2c1-c1nc2ccccc2s1. The number of aliphatic hydroxyl groups excluding tert-OH is 1. The number of benzene rings is 3. The predicted molar refractivity (Wildman–Crippen MR) is 108 cm³/mol. The van der Waals surface area contributed by atoms with E-state index in [1.54, 1.807) is 18.3 Å². The molecule has 0 amide bonds. The molecule has 0 spiro atoms. The Morgan fingerprint density at radius 2 is 1.85 bits per heavy atom. The molecule has 0 bridgehead atoms. The van der Waals surface area contributed by atoms with E-state index in [0.29, 0.717) is 0 Å². The quantitative estimate of drug-likeness (QED) is 0.352. The zero-order chi connectivity index (χ0) is 18.5. The molecule has 4 rings (SSSR count). The summed E-state index contributed by atoms with van der Waals surface area (Å²) in [5.74, 6) is 0.0370. The first-order chi connectivity index (χ1) is 12.5. The monoisotopic (exact) mass is 555 g/mol. The molecule has 141 valence electrons. The summed E-state index contributed by atoms with van der Waals surface area (Å²) in [6.45, 7) is 3.06. The number of nitrogens with zero attached hydrogens (tertiary/aromatic N) is 1. The second kappa shape index (κ2) is 9.86. The minimum Gasteiger partial charge on any atom is -0.393 e. The smallest absolute Gasteiger partial charge is 0.132 e. The zero-order valence-corrected chi connectivity index (χ0v) is 18.3. The number of ketones is 1. The summed E-state index contributed by atoms with van der Waals surface area (Å²) in [7, 11) is 0. The predicted octanol–water partition coefficient (Wildman–Crippen LogP) is 5.26. The Morgan fingerprint density at radius 1 is 1.15 bits per heavy atom. The van der Waals surface area contributed by atoms with Gasteiger partial charge in [0.15, 0.2) is 0 Å². The molecule has 1 heterocycles. The molecular weight excluding hydrogens is 535 g/mol. The summed E-state index contributed by atoms with van der Waals surface area (Å²) in [5.41, 5.74) is 2.16. The van der Waals surface area contributed by atoms with Gasteiger partial charge in [-0.25, -0.2) is 0 Å². The van der Waals surface area contributed by atoms with Crippen molar-refractivity contribution >= 4 is 38.1 Å².